The van der Waals surface area contributed by atoms with Crippen LogP contribution in [0.3, 0.4) is 0 Å². The Morgan fingerprint density at radius 2 is 1.87 bits per heavy atom. The Morgan fingerprint density at radius 3 is 2.33 bits per heavy atom. The molecule has 0 atom stereocenters. The van der Waals surface area contributed by atoms with Crippen molar-refractivity contribution in [2.75, 3.05) is 7.11 Å². The quantitative estimate of drug-likeness (QED) is 0.680. The highest BCUT2D eigenvalue weighted by molar-refractivity contribution is 6.09. The van der Waals surface area contributed by atoms with E-state index in [0.717, 1.165) is 7.11 Å². The Bertz CT molecular complexity index is 374. The van der Waals surface area contributed by atoms with Crippen molar-refractivity contribution in [3.63, 3.8) is 0 Å². The van der Waals surface area contributed by atoms with Crippen molar-refractivity contribution >= 4 is 18.4 Å². The minimum Gasteiger partial charge on any atom is -0.452 e. The molecule has 0 aliphatic heterocycles. The van der Waals surface area contributed by atoms with Crippen molar-refractivity contribution in [2.45, 2.75) is 0 Å². The summed E-state index contributed by atoms with van der Waals surface area (Å²) in [6.45, 7) is 0. The Kier molecular flexibility index (Phi) is 3.56. The van der Waals surface area contributed by atoms with Crippen molar-refractivity contribution < 1.29 is 19.1 Å². The van der Waals surface area contributed by atoms with Gasteiger partial charge < -0.3 is 4.74 Å². The van der Waals surface area contributed by atoms with Crippen LogP contribution in [0, 0.1) is 0 Å². The van der Waals surface area contributed by atoms with Gasteiger partial charge in [0.05, 0.1) is 7.11 Å². The molecule has 78 valence electrons. The van der Waals surface area contributed by atoms with Crippen molar-refractivity contribution in [1.82, 2.24) is 4.90 Å². The molecule has 5 heteroatoms. The zero-order valence-electron chi connectivity index (χ0n) is 8.04. The summed E-state index contributed by atoms with van der Waals surface area (Å²) in [5.74, 6) is -0.711. The molecule has 0 aliphatic rings. The first-order chi connectivity index (χ1) is 7.20. The molecule has 1 aromatic rings. The van der Waals surface area contributed by atoms with Crippen LogP contribution in [0.1, 0.15) is 10.4 Å². The van der Waals surface area contributed by atoms with Gasteiger partial charge in [-0.15, -0.1) is 0 Å². The standard InChI is InChI=1S/C10H9NO4/c1-15-10(14)11(7-12)9(13)8-5-3-2-4-6-8/h2-7H,1H3. The second kappa shape index (κ2) is 4.90. The molecule has 0 spiro atoms. The molecular formula is C10H9NO4. The number of hydrogen-bond donors (Lipinski definition) is 0. The van der Waals surface area contributed by atoms with Crippen LogP contribution < -0.4 is 0 Å². The van der Waals surface area contributed by atoms with Crippen LogP contribution in [0.2, 0.25) is 0 Å². The maximum absolute atomic E-state index is 11.6. The first kappa shape index (κ1) is 10.9. The summed E-state index contributed by atoms with van der Waals surface area (Å²) in [4.78, 5) is 33.5. The second-order valence-corrected chi connectivity index (χ2v) is 2.62. The summed E-state index contributed by atoms with van der Waals surface area (Å²) in [6, 6.07) is 7.99. The van der Waals surface area contributed by atoms with Gasteiger partial charge in [-0.25, -0.2) is 4.79 Å². The number of carbonyl (C=O) groups excluding carboxylic acids is 3. The Morgan fingerprint density at radius 1 is 1.27 bits per heavy atom. The van der Waals surface area contributed by atoms with Gasteiger partial charge in [-0.1, -0.05) is 18.2 Å². The molecule has 0 fully saturated rings. The number of methoxy groups -OCH3 is 1. The molecule has 0 aromatic heterocycles. The summed E-state index contributed by atoms with van der Waals surface area (Å²) in [7, 11) is 1.09. The number of hydrogen-bond acceptors (Lipinski definition) is 4. The number of amides is 3. The molecule has 0 heterocycles. The van der Waals surface area contributed by atoms with Crippen molar-refractivity contribution in [3.8, 4) is 0 Å². The molecule has 1 aromatic carbocycles. The SMILES string of the molecule is COC(=O)N(C=O)C(=O)c1ccccc1. The molecule has 0 aliphatic carbocycles. The van der Waals surface area contributed by atoms with Crippen molar-refractivity contribution in [2.24, 2.45) is 0 Å². The Hall–Kier alpha value is -2.17. The van der Waals surface area contributed by atoms with Gasteiger partial charge in [0, 0.05) is 5.56 Å². The highest BCUT2D eigenvalue weighted by atomic mass is 16.5. The third-order valence-electron chi connectivity index (χ3n) is 1.72. The molecule has 0 bridgehead atoms. The molecule has 0 saturated heterocycles. The van der Waals surface area contributed by atoms with E-state index in [0.29, 0.717) is 4.90 Å². The lowest BCUT2D eigenvalue weighted by Gasteiger charge is -2.11. The Balaban J connectivity index is 2.92. The lowest BCUT2D eigenvalue weighted by molar-refractivity contribution is -0.114. The first-order valence-corrected chi connectivity index (χ1v) is 4.12. The molecule has 0 unspecified atom stereocenters. The summed E-state index contributed by atoms with van der Waals surface area (Å²) in [5.41, 5.74) is 0.245. The van der Waals surface area contributed by atoms with E-state index in [9.17, 15) is 14.4 Å². The average molecular weight is 207 g/mol. The molecule has 0 N–H and O–H groups in total. The fourth-order valence-electron chi connectivity index (χ4n) is 0.992. The lowest BCUT2D eigenvalue weighted by atomic mass is 10.2. The minimum absolute atomic E-state index is 0.126. The van der Waals surface area contributed by atoms with Gasteiger partial charge in [0.15, 0.2) is 0 Å². The summed E-state index contributed by atoms with van der Waals surface area (Å²) in [6.07, 6.45) is -0.875. The molecule has 0 saturated carbocycles. The van der Waals surface area contributed by atoms with Gasteiger partial charge in [-0.05, 0) is 12.1 Å². The largest absolute Gasteiger partial charge is 0.452 e. The predicted molar refractivity (Wildman–Crippen MR) is 51.1 cm³/mol. The topological polar surface area (TPSA) is 63.7 Å². The highest BCUT2D eigenvalue weighted by Gasteiger charge is 2.22. The third-order valence-corrected chi connectivity index (χ3v) is 1.72. The number of ether oxygens (including phenoxy) is 1. The van der Waals surface area contributed by atoms with E-state index < -0.39 is 12.0 Å². The number of imide groups is 3. The molecule has 1 rings (SSSR count). The molecule has 5 nitrogen and oxygen atoms in total. The summed E-state index contributed by atoms with van der Waals surface area (Å²) >= 11 is 0. The monoisotopic (exact) mass is 207 g/mol. The van der Waals surface area contributed by atoms with Crippen LogP contribution in [0.15, 0.2) is 30.3 Å². The zero-order valence-corrected chi connectivity index (χ0v) is 8.04. The highest BCUT2D eigenvalue weighted by Crippen LogP contribution is 2.04. The predicted octanol–water partition coefficient (Wildman–Crippen LogP) is 1.05. The van der Waals surface area contributed by atoms with Gasteiger partial charge in [0.2, 0.25) is 6.41 Å². The first-order valence-electron chi connectivity index (χ1n) is 4.12. The number of nitrogens with zero attached hydrogens (tertiary/aromatic N) is 1. The van der Waals surface area contributed by atoms with Crippen LogP contribution in [0.5, 0.6) is 0 Å². The normalized spacial score (nSPS) is 9.13. The van der Waals surface area contributed by atoms with E-state index in [1.54, 1.807) is 18.2 Å². The van der Waals surface area contributed by atoms with Gasteiger partial charge in [-0.2, -0.15) is 4.90 Å². The fourth-order valence-corrected chi connectivity index (χ4v) is 0.992. The van der Waals surface area contributed by atoms with Crippen LogP contribution >= 0.6 is 0 Å². The van der Waals surface area contributed by atoms with E-state index >= 15 is 0 Å². The maximum Gasteiger partial charge on any atom is 0.423 e. The molecular weight excluding hydrogens is 198 g/mol. The second-order valence-electron chi connectivity index (χ2n) is 2.62. The van der Waals surface area contributed by atoms with Crippen LogP contribution in [0.4, 0.5) is 4.79 Å². The average Bonchev–Trinajstić information content (AvgIpc) is 2.30. The smallest absolute Gasteiger partial charge is 0.423 e. The molecule has 15 heavy (non-hydrogen) atoms. The molecule has 0 radical (unpaired) electrons. The number of carbonyl (C=O) groups is 3. The van der Waals surface area contributed by atoms with Crippen LogP contribution in [-0.2, 0) is 9.53 Å². The van der Waals surface area contributed by atoms with Crippen molar-refractivity contribution in [3.05, 3.63) is 35.9 Å². The molecule has 3 amide bonds. The maximum atomic E-state index is 11.6. The van der Waals surface area contributed by atoms with E-state index in [4.69, 9.17) is 0 Å². The number of rotatable bonds is 2. The summed E-state index contributed by atoms with van der Waals surface area (Å²) in [5, 5.41) is 0. The fraction of sp³-hybridized carbons (Fsp3) is 0.100. The van der Waals surface area contributed by atoms with Crippen LogP contribution in [-0.4, -0.2) is 30.4 Å². The van der Waals surface area contributed by atoms with Gasteiger partial charge >= 0.3 is 6.09 Å². The lowest BCUT2D eigenvalue weighted by Crippen LogP contribution is -2.35. The van der Waals surface area contributed by atoms with E-state index in [1.807, 2.05) is 0 Å². The van der Waals surface area contributed by atoms with Gasteiger partial charge in [0.1, 0.15) is 0 Å². The minimum atomic E-state index is -1.00. The van der Waals surface area contributed by atoms with E-state index in [-0.39, 0.29) is 12.0 Å². The number of benzene rings is 1. The third kappa shape index (κ3) is 2.40. The van der Waals surface area contributed by atoms with Gasteiger partial charge in [0.25, 0.3) is 5.91 Å². The van der Waals surface area contributed by atoms with Gasteiger partial charge in [-0.3, -0.25) is 9.59 Å². The Labute approximate surface area is 86.2 Å². The summed E-state index contributed by atoms with van der Waals surface area (Å²) < 4.78 is 4.28. The van der Waals surface area contributed by atoms with E-state index in [2.05, 4.69) is 4.74 Å². The zero-order chi connectivity index (χ0) is 11.3. The van der Waals surface area contributed by atoms with Crippen molar-refractivity contribution in [1.29, 1.82) is 0 Å². The van der Waals surface area contributed by atoms with E-state index in [1.165, 1.54) is 12.1 Å². The van der Waals surface area contributed by atoms with Crippen LogP contribution in [0.25, 0.3) is 0 Å².